The van der Waals surface area contributed by atoms with Crippen molar-refractivity contribution < 1.29 is 0 Å². The van der Waals surface area contributed by atoms with Crippen molar-refractivity contribution in [3.05, 3.63) is 23.3 Å². The van der Waals surface area contributed by atoms with Crippen LogP contribution < -0.4 is 0 Å². The monoisotopic (exact) mass is 178 g/mol. The Morgan fingerprint density at radius 2 is 1.62 bits per heavy atom. The van der Waals surface area contributed by atoms with Crippen LogP contribution in [0.4, 0.5) is 0 Å². The predicted molar refractivity (Wildman–Crippen MR) is 59.8 cm³/mol. The van der Waals surface area contributed by atoms with Crippen LogP contribution in [0.25, 0.3) is 0 Å². The van der Waals surface area contributed by atoms with Crippen LogP contribution in [0.2, 0.25) is 0 Å². The molecule has 0 heteroatoms. The van der Waals surface area contributed by atoms with Crippen molar-refractivity contribution in [2.75, 3.05) is 0 Å². The van der Waals surface area contributed by atoms with E-state index in [4.69, 9.17) is 0 Å². The molecule has 1 aliphatic carbocycles. The van der Waals surface area contributed by atoms with Gasteiger partial charge in [0.2, 0.25) is 0 Å². The van der Waals surface area contributed by atoms with Crippen LogP contribution in [-0.4, -0.2) is 0 Å². The van der Waals surface area contributed by atoms with Gasteiger partial charge in [-0.1, -0.05) is 38.5 Å². The Kier molecular flexibility index (Phi) is 3.00. The molecule has 1 saturated carbocycles. The fourth-order valence-corrected chi connectivity index (χ4v) is 2.52. The van der Waals surface area contributed by atoms with Crippen molar-refractivity contribution in [1.29, 1.82) is 0 Å². The Hall–Kier alpha value is -0.520. The average Bonchev–Trinajstić information content (AvgIpc) is 2.34. The maximum Gasteiger partial charge on any atom is -0.0130 e. The van der Waals surface area contributed by atoms with E-state index in [2.05, 4.69) is 34.3 Å². The average molecular weight is 178 g/mol. The molecule has 1 aliphatic rings. The molecule has 0 N–H and O–H groups in total. The highest BCUT2D eigenvalue weighted by atomic mass is 14.3. The minimum Gasteiger partial charge on any atom is -0.0958 e. The van der Waals surface area contributed by atoms with Crippen LogP contribution in [-0.2, 0) is 0 Å². The zero-order valence-electron chi connectivity index (χ0n) is 9.54. The molecule has 0 spiro atoms. The van der Waals surface area contributed by atoms with Gasteiger partial charge in [0, 0.05) is 0 Å². The second kappa shape index (κ2) is 3.69. The first-order chi connectivity index (χ1) is 5.93. The van der Waals surface area contributed by atoms with E-state index in [1.165, 1.54) is 36.8 Å². The van der Waals surface area contributed by atoms with Gasteiger partial charge in [-0.2, -0.15) is 0 Å². The zero-order chi connectivity index (χ0) is 10.1. The maximum atomic E-state index is 4.11. The standard InChI is InChI=1S/C13H22/c1-10(2)12(13(3,4)5)11-8-6-7-9-11/h1,6-9H2,2-5H3. The molecular weight excluding hydrogens is 156 g/mol. The summed E-state index contributed by atoms with van der Waals surface area (Å²) in [5, 5.41) is 0. The van der Waals surface area contributed by atoms with E-state index in [1.54, 1.807) is 5.57 Å². The molecule has 1 fully saturated rings. The van der Waals surface area contributed by atoms with Gasteiger partial charge in [0.25, 0.3) is 0 Å². The number of hydrogen-bond acceptors (Lipinski definition) is 0. The molecule has 0 atom stereocenters. The quantitative estimate of drug-likeness (QED) is 0.555. The summed E-state index contributed by atoms with van der Waals surface area (Å²) in [7, 11) is 0. The molecule has 0 aromatic rings. The van der Waals surface area contributed by atoms with Gasteiger partial charge >= 0.3 is 0 Å². The van der Waals surface area contributed by atoms with E-state index in [9.17, 15) is 0 Å². The smallest absolute Gasteiger partial charge is 0.0130 e. The fourth-order valence-electron chi connectivity index (χ4n) is 2.52. The van der Waals surface area contributed by atoms with Gasteiger partial charge in [0.15, 0.2) is 0 Å². The summed E-state index contributed by atoms with van der Waals surface area (Å²) in [5.41, 5.74) is 4.75. The fraction of sp³-hybridized carbons (Fsp3) is 0.692. The molecule has 13 heavy (non-hydrogen) atoms. The second-order valence-corrected chi connectivity index (χ2v) is 5.22. The minimum atomic E-state index is 0.283. The van der Waals surface area contributed by atoms with E-state index in [-0.39, 0.29) is 5.41 Å². The maximum absolute atomic E-state index is 4.11. The van der Waals surface area contributed by atoms with Gasteiger partial charge in [-0.3, -0.25) is 0 Å². The second-order valence-electron chi connectivity index (χ2n) is 5.22. The first-order valence-corrected chi connectivity index (χ1v) is 5.31. The third kappa shape index (κ3) is 2.46. The summed E-state index contributed by atoms with van der Waals surface area (Å²) in [6.07, 6.45) is 5.36. The van der Waals surface area contributed by atoms with Crippen LogP contribution in [0, 0.1) is 5.41 Å². The van der Waals surface area contributed by atoms with E-state index >= 15 is 0 Å². The molecule has 0 heterocycles. The molecule has 0 aromatic carbocycles. The first-order valence-electron chi connectivity index (χ1n) is 5.31. The van der Waals surface area contributed by atoms with E-state index in [0.29, 0.717) is 0 Å². The molecular formula is C13H22. The van der Waals surface area contributed by atoms with Crippen LogP contribution in [0.5, 0.6) is 0 Å². The third-order valence-electron chi connectivity index (χ3n) is 2.74. The van der Waals surface area contributed by atoms with Crippen molar-refractivity contribution in [3.8, 4) is 0 Å². The summed E-state index contributed by atoms with van der Waals surface area (Å²) in [6.45, 7) is 13.1. The lowest BCUT2D eigenvalue weighted by molar-refractivity contribution is 0.503. The normalized spacial score (nSPS) is 17.7. The van der Waals surface area contributed by atoms with Gasteiger partial charge < -0.3 is 0 Å². The van der Waals surface area contributed by atoms with E-state index in [0.717, 1.165) is 0 Å². The van der Waals surface area contributed by atoms with Crippen LogP contribution in [0.3, 0.4) is 0 Å². The van der Waals surface area contributed by atoms with Crippen molar-refractivity contribution in [3.63, 3.8) is 0 Å². The highest BCUT2D eigenvalue weighted by Gasteiger charge is 2.23. The molecule has 74 valence electrons. The van der Waals surface area contributed by atoms with E-state index in [1.807, 2.05) is 0 Å². The summed E-state index contributed by atoms with van der Waals surface area (Å²) in [5.74, 6) is 0. The third-order valence-corrected chi connectivity index (χ3v) is 2.74. The summed E-state index contributed by atoms with van der Waals surface area (Å²) in [4.78, 5) is 0. The van der Waals surface area contributed by atoms with Gasteiger partial charge in [0.05, 0.1) is 0 Å². The number of hydrogen-bond donors (Lipinski definition) is 0. The van der Waals surface area contributed by atoms with Crippen molar-refractivity contribution in [2.24, 2.45) is 5.41 Å². The summed E-state index contributed by atoms with van der Waals surface area (Å²) < 4.78 is 0. The molecule has 0 saturated heterocycles. The van der Waals surface area contributed by atoms with Gasteiger partial charge in [-0.25, -0.2) is 0 Å². The lowest BCUT2D eigenvalue weighted by Crippen LogP contribution is -2.12. The molecule has 0 bridgehead atoms. The van der Waals surface area contributed by atoms with Crippen LogP contribution >= 0.6 is 0 Å². The molecule has 1 rings (SSSR count). The van der Waals surface area contributed by atoms with Gasteiger partial charge in [-0.15, -0.1) is 0 Å². The molecule has 0 nitrogen and oxygen atoms in total. The Labute approximate surface area is 82.7 Å². The highest BCUT2D eigenvalue weighted by Crippen LogP contribution is 2.39. The molecule has 0 radical (unpaired) electrons. The van der Waals surface area contributed by atoms with Crippen molar-refractivity contribution in [2.45, 2.75) is 53.4 Å². The van der Waals surface area contributed by atoms with Crippen molar-refractivity contribution in [1.82, 2.24) is 0 Å². The lowest BCUT2D eigenvalue weighted by Gasteiger charge is -2.26. The Morgan fingerprint density at radius 3 is 1.92 bits per heavy atom. The van der Waals surface area contributed by atoms with E-state index < -0.39 is 0 Å². The van der Waals surface area contributed by atoms with Gasteiger partial charge in [-0.05, 0) is 43.6 Å². The zero-order valence-corrected chi connectivity index (χ0v) is 9.54. The molecule has 0 unspecified atom stereocenters. The molecule has 0 aromatic heterocycles. The number of allylic oxidation sites excluding steroid dienone is 3. The van der Waals surface area contributed by atoms with Gasteiger partial charge in [0.1, 0.15) is 0 Å². The minimum absolute atomic E-state index is 0.283. The Bertz CT molecular complexity index is 227. The number of rotatable bonds is 1. The largest absolute Gasteiger partial charge is 0.0958 e. The Balaban J connectivity index is 3.04. The molecule has 0 amide bonds. The van der Waals surface area contributed by atoms with Crippen LogP contribution in [0.1, 0.15) is 53.4 Å². The highest BCUT2D eigenvalue weighted by molar-refractivity contribution is 5.37. The first kappa shape index (κ1) is 10.6. The summed E-state index contributed by atoms with van der Waals surface area (Å²) >= 11 is 0. The predicted octanol–water partition coefficient (Wildman–Crippen LogP) is 4.48. The molecule has 0 aliphatic heterocycles. The van der Waals surface area contributed by atoms with Crippen LogP contribution in [0.15, 0.2) is 23.3 Å². The summed E-state index contributed by atoms with van der Waals surface area (Å²) in [6, 6.07) is 0. The Morgan fingerprint density at radius 1 is 1.15 bits per heavy atom. The lowest BCUT2D eigenvalue weighted by atomic mass is 9.79. The van der Waals surface area contributed by atoms with Crippen molar-refractivity contribution >= 4 is 0 Å². The topological polar surface area (TPSA) is 0 Å². The SMILES string of the molecule is C=C(C)C(=C1CCCC1)C(C)(C)C.